The van der Waals surface area contributed by atoms with E-state index in [1.807, 2.05) is 0 Å². The Bertz CT molecular complexity index is 628. The van der Waals surface area contributed by atoms with Crippen molar-refractivity contribution in [2.75, 3.05) is 26.0 Å². The van der Waals surface area contributed by atoms with E-state index in [1.54, 1.807) is 18.4 Å². The summed E-state index contributed by atoms with van der Waals surface area (Å²) in [5.74, 6) is 0.805. The van der Waals surface area contributed by atoms with Crippen LogP contribution < -0.4 is 5.32 Å². The lowest BCUT2D eigenvalue weighted by Crippen LogP contribution is -2.31. The average molecular weight is 328 g/mol. The fraction of sp³-hybridized carbons (Fsp3) is 0.643. The van der Waals surface area contributed by atoms with Gasteiger partial charge in [0.15, 0.2) is 0 Å². The van der Waals surface area contributed by atoms with E-state index in [1.165, 1.54) is 10.6 Å². The van der Waals surface area contributed by atoms with E-state index >= 15 is 0 Å². The van der Waals surface area contributed by atoms with E-state index in [4.69, 9.17) is 9.15 Å². The normalized spacial score (nSPS) is 28.7. The fourth-order valence-electron chi connectivity index (χ4n) is 3.15. The highest BCUT2D eigenvalue weighted by Gasteiger charge is 2.46. The van der Waals surface area contributed by atoms with Gasteiger partial charge in [-0.1, -0.05) is 0 Å². The first-order valence-corrected chi connectivity index (χ1v) is 9.14. The molecule has 0 unspecified atom stereocenters. The number of furan rings is 1. The van der Waals surface area contributed by atoms with Gasteiger partial charge in [0, 0.05) is 25.4 Å². The molecule has 0 spiro atoms. The monoisotopic (exact) mass is 328 g/mol. The first kappa shape index (κ1) is 15.5. The summed E-state index contributed by atoms with van der Waals surface area (Å²) in [6.07, 6.45) is 3.03. The van der Waals surface area contributed by atoms with Gasteiger partial charge in [0.2, 0.25) is 15.9 Å². The SMILES string of the molecule is CS(=O)(=O)N1C[C@@H]2[C@H](CC(=O)NCc3ccco3)CO[C@@H]2C1. The van der Waals surface area contributed by atoms with Crippen LogP contribution in [0.1, 0.15) is 12.2 Å². The van der Waals surface area contributed by atoms with E-state index in [0.29, 0.717) is 38.4 Å². The Hall–Kier alpha value is -1.38. The molecule has 0 radical (unpaired) electrons. The molecule has 1 N–H and O–H groups in total. The zero-order chi connectivity index (χ0) is 15.7. The third-order valence-electron chi connectivity index (χ3n) is 4.36. The molecule has 0 saturated carbocycles. The van der Waals surface area contributed by atoms with Crippen molar-refractivity contribution in [1.29, 1.82) is 0 Å². The van der Waals surface area contributed by atoms with E-state index in [-0.39, 0.29) is 23.8 Å². The quantitative estimate of drug-likeness (QED) is 0.834. The molecular formula is C14H20N2O5S. The molecule has 0 aromatic carbocycles. The number of carbonyl (C=O) groups is 1. The third kappa shape index (κ3) is 3.34. The third-order valence-corrected chi connectivity index (χ3v) is 5.60. The standard InChI is InChI=1S/C14H20N2O5S/c1-22(18,19)16-7-12-10(9-21-13(12)8-16)5-14(17)15-6-11-3-2-4-20-11/h2-4,10,12-13H,5-9H2,1H3,(H,15,17)/t10-,12-,13-/m1/s1. The van der Waals surface area contributed by atoms with Gasteiger partial charge in [-0.25, -0.2) is 8.42 Å². The van der Waals surface area contributed by atoms with Gasteiger partial charge in [-0.2, -0.15) is 4.31 Å². The van der Waals surface area contributed by atoms with Crippen molar-refractivity contribution in [3.05, 3.63) is 24.2 Å². The van der Waals surface area contributed by atoms with Crippen molar-refractivity contribution < 1.29 is 22.4 Å². The number of sulfonamides is 1. The first-order chi connectivity index (χ1) is 10.4. The smallest absolute Gasteiger partial charge is 0.220 e. The maximum atomic E-state index is 12.0. The van der Waals surface area contributed by atoms with Gasteiger partial charge in [0.05, 0.1) is 31.8 Å². The number of nitrogens with one attached hydrogen (secondary N) is 1. The van der Waals surface area contributed by atoms with Gasteiger partial charge < -0.3 is 14.5 Å². The lowest BCUT2D eigenvalue weighted by atomic mass is 9.90. The molecule has 0 bridgehead atoms. The van der Waals surface area contributed by atoms with Crippen LogP contribution in [0.15, 0.2) is 22.8 Å². The van der Waals surface area contributed by atoms with E-state index in [9.17, 15) is 13.2 Å². The maximum Gasteiger partial charge on any atom is 0.220 e. The molecule has 3 heterocycles. The second kappa shape index (κ2) is 6.02. The second-order valence-electron chi connectivity index (χ2n) is 5.94. The van der Waals surface area contributed by atoms with Crippen molar-refractivity contribution in [2.24, 2.45) is 11.8 Å². The summed E-state index contributed by atoms with van der Waals surface area (Å²) >= 11 is 0. The molecule has 8 heteroatoms. The number of hydrogen-bond acceptors (Lipinski definition) is 5. The second-order valence-corrected chi connectivity index (χ2v) is 7.92. The molecule has 7 nitrogen and oxygen atoms in total. The van der Waals surface area contributed by atoms with Crippen LogP contribution in [-0.2, 0) is 26.1 Å². The largest absolute Gasteiger partial charge is 0.467 e. The minimum absolute atomic E-state index is 0.0633. The minimum atomic E-state index is -3.20. The Morgan fingerprint density at radius 2 is 2.27 bits per heavy atom. The molecule has 1 amide bonds. The zero-order valence-corrected chi connectivity index (χ0v) is 13.2. The van der Waals surface area contributed by atoms with Crippen LogP contribution >= 0.6 is 0 Å². The predicted octanol–water partition coefficient (Wildman–Crippen LogP) is 0.192. The van der Waals surface area contributed by atoms with Crippen molar-refractivity contribution in [3.8, 4) is 0 Å². The highest BCUT2D eigenvalue weighted by molar-refractivity contribution is 7.88. The van der Waals surface area contributed by atoms with Crippen molar-refractivity contribution in [3.63, 3.8) is 0 Å². The molecular weight excluding hydrogens is 308 g/mol. The molecule has 2 saturated heterocycles. The summed E-state index contributed by atoms with van der Waals surface area (Å²) in [4.78, 5) is 12.0. The maximum absolute atomic E-state index is 12.0. The summed E-state index contributed by atoms with van der Waals surface area (Å²) in [5, 5.41) is 2.81. The molecule has 2 aliphatic rings. The number of amides is 1. The number of rotatable bonds is 5. The highest BCUT2D eigenvalue weighted by atomic mass is 32.2. The molecule has 0 aliphatic carbocycles. The van der Waals surface area contributed by atoms with Crippen LogP contribution in [0.3, 0.4) is 0 Å². The number of ether oxygens (including phenoxy) is 1. The summed E-state index contributed by atoms with van der Waals surface area (Å²) in [6, 6.07) is 3.57. The molecule has 1 aromatic heterocycles. The van der Waals surface area contributed by atoms with E-state index in [0.717, 1.165) is 0 Å². The molecule has 122 valence electrons. The van der Waals surface area contributed by atoms with Crippen molar-refractivity contribution >= 4 is 15.9 Å². The lowest BCUT2D eigenvalue weighted by molar-refractivity contribution is -0.122. The molecule has 22 heavy (non-hydrogen) atoms. The minimum Gasteiger partial charge on any atom is -0.467 e. The average Bonchev–Trinajstić information content (AvgIpc) is 3.13. The van der Waals surface area contributed by atoms with E-state index < -0.39 is 10.0 Å². The van der Waals surface area contributed by atoms with Crippen LogP contribution in [-0.4, -0.2) is 50.7 Å². The summed E-state index contributed by atoms with van der Waals surface area (Å²) in [7, 11) is -3.20. The van der Waals surface area contributed by atoms with E-state index in [2.05, 4.69) is 5.32 Å². The van der Waals surface area contributed by atoms with Crippen molar-refractivity contribution in [2.45, 2.75) is 19.1 Å². The molecule has 1 aromatic rings. The molecule has 2 aliphatic heterocycles. The number of nitrogens with zero attached hydrogens (tertiary/aromatic N) is 1. The van der Waals surface area contributed by atoms with Gasteiger partial charge >= 0.3 is 0 Å². The lowest BCUT2D eigenvalue weighted by Gasteiger charge is -2.17. The molecule has 3 atom stereocenters. The Kier molecular flexibility index (Phi) is 4.24. The van der Waals surface area contributed by atoms with Gasteiger partial charge in [0.25, 0.3) is 0 Å². The Balaban J connectivity index is 1.52. The van der Waals surface area contributed by atoms with Gasteiger partial charge in [0.1, 0.15) is 5.76 Å². The molecule has 2 fully saturated rings. The number of fused-ring (bicyclic) bond motifs is 1. The fourth-order valence-corrected chi connectivity index (χ4v) is 4.01. The van der Waals surface area contributed by atoms with Gasteiger partial charge in [-0.05, 0) is 18.1 Å². The van der Waals surface area contributed by atoms with Gasteiger partial charge in [-0.3, -0.25) is 4.79 Å². The molecule has 3 rings (SSSR count). The van der Waals surface area contributed by atoms with Crippen LogP contribution in [0, 0.1) is 11.8 Å². The topological polar surface area (TPSA) is 88.9 Å². The van der Waals surface area contributed by atoms with Crippen LogP contribution in [0.5, 0.6) is 0 Å². The Morgan fingerprint density at radius 1 is 1.45 bits per heavy atom. The van der Waals surface area contributed by atoms with Crippen LogP contribution in [0.4, 0.5) is 0 Å². The highest BCUT2D eigenvalue weighted by Crippen LogP contribution is 2.36. The first-order valence-electron chi connectivity index (χ1n) is 7.29. The Morgan fingerprint density at radius 3 is 2.95 bits per heavy atom. The summed E-state index contributed by atoms with van der Waals surface area (Å²) in [5.41, 5.74) is 0. The van der Waals surface area contributed by atoms with Gasteiger partial charge in [-0.15, -0.1) is 0 Å². The van der Waals surface area contributed by atoms with Crippen LogP contribution in [0.2, 0.25) is 0 Å². The number of hydrogen-bond donors (Lipinski definition) is 1. The number of carbonyl (C=O) groups excluding carboxylic acids is 1. The van der Waals surface area contributed by atoms with Crippen LogP contribution in [0.25, 0.3) is 0 Å². The Labute approximate surface area is 129 Å². The summed E-state index contributed by atoms with van der Waals surface area (Å²) < 4.78 is 35.5. The summed E-state index contributed by atoms with van der Waals surface area (Å²) in [6.45, 7) is 1.72. The van der Waals surface area contributed by atoms with Crippen molar-refractivity contribution in [1.82, 2.24) is 9.62 Å². The zero-order valence-electron chi connectivity index (χ0n) is 12.4. The predicted molar refractivity (Wildman–Crippen MR) is 78.3 cm³/mol.